The molecular formula is C24H30IN5O. The van der Waals surface area contributed by atoms with E-state index in [1.165, 1.54) is 22.3 Å². The monoisotopic (exact) mass is 531 g/mol. The van der Waals surface area contributed by atoms with Crippen molar-refractivity contribution in [3.8, 4) is 5.75 Å². The standard InChI is InChI=1S/C24H29N5O.HI/c1-2-25-24(26-13-10-19-8-9-23-20(16-19)11-15-30-23)27-17-21-6-3-4-7-22(21)18-29-14-5-12-28-29;/h3-9,12,14,16H,2,10-11,13,15,17-18H2,1H3,(H2,25,26,27);1H. The first-order chi connectivity index (χ1) is 14.8. The van der Waals surface area contributed by atoms with Gasteiger partial charge in [-0.3, -0.25) is 4.68 Å². The fourth-order valence-electron chi connectivity index (χ4n) is 3.66. The van der Waals surface area contributed by atoms with E-state index in [-0.39, 0.29) is 24.0 Å². The minimum atomic E-state index is 0. The molecule has 6 nitrogen and oxygen atoms in total. The number of hydrogen-bond acceptors (Lipinski definition) is 3. The smallest absolute Gasteiger partial charge is 0.191 e. The van der Waals surface area contributed by atoms with Crippen molar-refractivity contribution in [3.05, 3.63) is 83.2 Å². The number of hydrogen-bond donors (Lipinski definition) is 2. The van der Waals surface area contributed by atoms with Crippen molar-refractivity contribution in [2.24, 2.45) is 4.99 Å². The van der Waals surface area contributed by atoms with Gasteiger partial charge in [0, 0.05) is 31.9 Å². The molecule has 164 valence electrons. The highest BCUT2D eigenvalue weighted by Gasteiger charge is 2.11. The number of halogens is 1. The Hall–Kier alpha value is -2.55. The van der Waals surface area contributed by atoms with Crippen LogP contribution in [0, 0.1) is 0 Å². The molecule has 0 unspecified atom stereocenters. The van der Waals surface area contributed by atoms with E-state index in [9.17, 15) is 0 Å². The van der Waals surface area contributed by atoms with Gasteiger partial charge in [-0.05, 0) is 47.7 Å². The molecule has 0 spiro atoms. The Kier molecular flexibility index (Phi) is 8.75. The fraction of sp³-hybridized carbons (Fsp3) is 0.333. The Balaban J connectivity index is 0.00000272. The van der Waals surface area contributed by atoms with Crippen LogP contribution in [-0.4, -0.2) is 35.4 Å². The summed E-state index contributed by atoms with van der Waals surface area (Å²) in [5, 5.41) is 11.1. The Bertz CT molecular complexity index is 987. The molecule has 0 atom stereocenters. The molecule has 0 saturated carbocycles. The van der Waals surface area contributed by atoms with E-state index < -0.39 is 0 Å². The van der Waals surface area contributed by atoms with Crippen LogP contribution in [0.15, 0.2) is 65.9 Å². The number of nitrogens with one attached hydrogen (secondary N) is 2. The number of fused-ring (bicyclic) bond motifs is 1. The lowest BCUT2D eigenvalue weighted by Crippen LogP contribution is -2.38. The van der Waals surface area contributed by atoms with Gasteiger partial charge in [0.15, 0.2) is 5.96 Å². The van der Waals surface area contributed by atoms with Crippen molar-refractivity contribution >= 4 is 29.9 Å². The van der Waals surface area contributed by atoms with Crippen LogP contribution in [0.25, 0.3) is 0 Å². The third kappa shape index (κ3) is 6.46. The van der Waals surface area contributed by atoms with Crippen LogP contribution in [0.1, 0.15) is 29.2 Å². The molecule has 31 heavy (non-hydrogen) atoms. The lowest BCUT2D eigenvalue weighted by Gasteiger charge is -2.13. The van der Waals surface area contributed by atoms with Crippen LogP contribution >= 0.6 is 24.0 Å². The predicted molar refractivity (Wildman–Crippen MR) is 135 cm³/mol. The molecule has 0 fully saturated rings. The van der Waals surface area contributed by atoms with Crippen LogP contribution in [0.4, 0.5) is 0 Å². The second-order valence-electron chi connectivity index (χ2n) is 7.38. The second-order valence-corrected chi connectivity index (χ2v) is 7.38. The maximum absolute atomic E-state index is 5.59. The first-order valence-corrected chi connectivity index (χ1v) is 10.6. The van der Waals surface area contributed by atoms with Crippen LogP contribution < -0.4 is 15.4 Å². The highest BCUT2D eigenvalue weighted by molar-refractivity contribution is 14.0. The van der Waals surface area contributed by atoms with E-state index in [0.29, 0.717) is 6.54 Å². The average molecular weight is 531 g/mol. The Labute approximate surface area is 201 Å². The lowest BCUT2D eigenvalue weighted by atomic mass is 10.1. The number of aromatic nitrogens is 2. The molecule has 0 aliphatic carbocycles. The highest BCUT2D eigenvalue weighted by Crippen LogP contribution is 2.25. The van der Waals surface area contributed by atoms with Crippen molar-refractivity contribution in [1.82, 2.24) is 20.4 Å². The number of benzene rings is 2. The average Bonchev–Trinajstić information content (AvgIpc) is 3.44. The molecule has 0 saturated heterocycles. The summed E-state index contributed by atoms with van der Waals surface area (Å²) in [6, 6.07) is 16.9. The number of guanidine groups is 1. The molecule has 2 heterocycles. The number of rotatable bonds is 8. The Morgan fingerprint density at radius 3 is 2.81 bits per heavy atom. The number of ether oxygens (including phenoxy) is 1. The van der Waals surface area contributed by atoms with E-state index in [1.54, 1.807) is 0 Å². The van der Waals surface area contributed by atoms with Gasteiger partial charge in [0.1, 0.15) is 5.75 Å². The SMILES string of the molecule is CCNC(=NCc1ccccc1Cn1cccn1)NCCc1ccc2c(c1)CCO2.I. The van der Waals surface area contributed by atoms with Gasteiger partial charge < -0.3 is 15.4 Å². The van der Waals surface area contributed by atoms with Crippen molar-refractivity contribution in [3.63, 3.8) is 0 Å². The molecule has 1 aromatic heterocycles. The normalized spacial score (nSPS) is 12.6. The van der Waals surface area contributed by atoms with E-state index in [4.69, 9.17) is 9.73 Å². The quantitative estimate of drug-likeness (QED) is 0.264. The van der Waals surface area contributed by atoms with Crippen molar-refractivity contribution in [2.75, 3.05) is 19.7 Å². The summed E-state index contributed by atoms with van der Waals surface area (Å²) < 4.78 is 7.53. The van der Waals surface area contributed by atoms with Gasteiger partial charge in [0.2, 0.25) is 0 Å². The third-order valence-corrected chi connectivity index (χ3v) is 5.22. The zero-order valence-corrected chi connectivity index (χ0v) is 20.2. The van der Waals surface area contributed by atoms with Gasteiger partial charge in [0.05, 0.1) is 19.7 Å². The summed E-state index contributed by atoms with van der Waals surface area (Å²) in [5.41, 5.74) is 5.10. The van der Waals surface area contributed by atoms with Crippen molar-refractivity contribution < 1.29 is 4.74 Å². The highest BCUT2D eigenvalue weighted by atomic mass is 127. The van der Waals surface area contributed by atoms with E-state index >= 15 is 0 Å². The molecule has 1 aliphatic rings. The predicted octanol–water partition coefficient (Wildman–Crippen LogP) is 3.78. The van der Waals surface area contributed by atoms with Crippen molar-refractivity contribution in [2.45, 2.75) is 32.9 Å². The number of aliphatic imine (C=N–C) groups is 1. The van der Waals surface area contributed by atoms with Gasteiger partial charge in [-0.1, -0.05) is 36.4 Å². The van der Waals surface area contributed by atoms with Crippen LogP contribution in [0.2, 0.25) is 0 Å². The van der Waals surface area contributed by atoms with E-state index in [0.717, 1.165) is 50.8 Å². The molecule has 0 bridgehead atoms. The summed E-state index contributed by atoms with van der Waals surface area (Å²) in [7, 11) is 0. The van der Waals surface area contributed by atoms with E-state index in [2.05, 4.69) is 65.1 Å². The molecule has 7 heteroatoms. The third-order valence-electron chi connectivity index (χ3n) is 5.22. The fourth-order valence-corrected chi connectivity index (χ4v) is 3.66. The topological polar surface area (TPSA) is 63.5 Å². The van der Waals surface area contributed by atoms with Gasteiger partial charge in [-0.25, -0.2) is 4.99 Å². The Morgan fingerprint density at radius 1 is 1.13 bits per heavy atom. The first kappa shape index (κ1) is 23.1. The Morgan fingerprint density at radius 2 is 2.00 bits per heavy atom. The molecule has 2 aromatic carbocycles. The zero-order chi connectivity index (χ0) is 20.6. The van der Waals surface area contributed by atoms with Gasteiger partial charge in [-0.15, -0.1) is 24.0 Å². The molecular weight excluding hydrogens is 501 g/mol. The zero-order valence-electron chi connectivity index (χ0n) is 17.9. The van der Waals surface area contributed by atoms with E-state index in [1.807, 2.05) is 23.1 Å². The maximum Gasteiger partial charge on any atom is 0.191 e. The maximum atomic E-state index is 5.59. The molecule has 3 aromatic rings. The van der Waals surface area contributed by atoms with Crippen LogP contribution in [0.3, 0.4) is 0 Å². The lowest BCUT2D eigenvalue weighted by molar-refractivity contribution is 0.357. The largest absolute Gasteiger partial charge is 0.493 e. The molecule has 2 N–H and O–H groups in total. The summed E-state index contributed by atoms with van der Waals surface area (Å²) in [6.45, 7) is 5.94. The number of nitrogens with zero attached hydrogens (tertiary/aromatic N) is 3. The minimum Gasteiger partial charge on any atom is -0.493 e. The van der Waals surface area contributed by atoms with Crippen LogP contribution in [0.5, 0.6) is 5.75 Å². The van der Waals surface area contributed by atoms with Gasteiger partial charge in [0.25, 0.3) is 0 Å². The summed E-state index contributed by atoms with van der Waals surface area (Å²) in [5.74, 6) is 1.88. The first-order valence-electron chi connectivity index (χ1n) is 10.6. The second kappa shape index (κ2) is 11.7. The molecule has 1 aliphatic heterocycles. The van der Waals surface area contributed by atoms with Crippen molar-refractivity contribution in [1.29, 1.82) is 0 Å². The summed E-state index contributed by atoms with van der Waals surface area (Å²) in [4.78, 5) is 4.81. The molecule has 0 amide bonds. The summed E-state index contributed by atoms with van der Waals surface area (Å²) in [6.07, 6.45) is 5.75. The van der Waals surface area contributed by atoms with Crippen LogP contribution in [-0.2, 0) is 25.9 Å². The van der Waals surface area contributed by atoms with Gasteiger partial charge >= 0.3 is 0 Å². The minimum absolute atomic E-state index is 0. The molecule has 4 rings (SSSR count). The molecule has 0 radical (unpaired) electrons. The summed E-state index contributed by atoms with van der Waals surface area (Å²) >= 11 is 0. The van der Waals surface area contributed by atoms with Gasteiger partial charge in [-0.2, -0.15) is 5.10 Å².